The van der Waals surface area contributed by atoms with Crippen LogP contribution in [0, 0.1) is 13.8 Å². The molecule has 1 aromatic heterocycles. The molecule has 7 heteroatoms. The number of guanidine groups is 1. The molecule has 1 heterocycles. The number of rotatable bonds is 8. The molecule has 0 bridgehead atoms. The minimum absolute atomic E-state index is 0.514. The number of nitrogens with zero attached hydrogens (tertiary/aromatic N) is 5. The summed E-state index contributed by atoms with van der Waals surface area (Å²) in [5.41, 5.74) is 2.55. The maximum absolute atomic E-state index is 4.78. The van der Waals surface area contributed by atoms with Crippen molar-refractivity contribution in [1.82, 2.24) is 25.0 Å². The van der Waals surface area contributed by atoms with Crippen molar-refractivity contribution >= 4 is 17.7 Å². The molecule has 0 aliphatic rings. The fourth-order valence-corrected chi connectivity index (χ4v) is 2.94. The van der Waals surface area contributed by atoms with Crippen LogP contribution in [-0.2, 0) is 20.1 Å². The van der Waals surface area contributed by atoms with E-state index < -0.39 is 0 Å². The number of aromatic nitrogens is 3. The number of aliphatic imine (C=N–C) groups is 1. The summed E-state index contributed by atoms with van der Waals surface area (Å²) in [5, 5.41) is 11.8. The standard InChI is InChI=1S/C19H30N6S/c1-15-7-9-17(10-8-15)14-24(3)19(20-11-6-12-26-5)21-13-18-23-22-16(2)25(18)4/h7-10H,6,11-14H2,1-5H3,(H,20,21). The SMILES string of the molecule is CSCCCNC(=NCc1nnc(C)n1C)N(C)Cc1ccc(C)cc1. The van der Waals surface area contributed by atoms with E-state index in [9.17, 15) is 0 Å². The van der Waals surface area contributed by atoms with Crippen molar-refractivity contribution < 1.29 is 0 Å². The van der Waals surface area contributed by atoms with Crippen molar-refractivity contribution in [3.05, 3.63) is 47.0 Å². The van der Waals surface area contributed by atoms with Gasteiger partial charge in [-0.1, -0.05) is 29.8 Å². The zero-order valence-electron chi connectivity index (χ0n) is 16.5. The molecule has 2 aromatic rings. The Labute approximate surface area is 161 Å². The van der Waals surface area contributed by atoms with E-state index in [0.717, 1.165) is 42.9 Å². The highest BCUT2D eigenvalue weighted by Gasteiger charge is 2.09. The minimum atomic E-state index is 0.514. The molecule has 0 amide bonds. The third-order valence-electron chi connectivity index (χ3n) is 4.26. The maximum Gasteiger partial charge on any atom is 0.194 e. The van der Waals surface area contributed by atoms with Gasteiger partial charge in [0.1, 0.15) is 12.4 Å². The molecule has 2 rings (SSSR count). The highest BCUT2D eigenvalue weighted by atomic mass is 32.2. The van der Waals surface area contributed by atoms with E-state index >= 15 is 0 Å². The molecule has 0 saturated carbocycles. The van der Waals surface area contributed by atoms with Crippen LogP contribution in [0.15, 0.2) is 29.3 Å². The van der Waals surface area contributed by atoms with Gasteiger partial charge in [0, 0.05) is 27.2 Å². The second-order valence-electron chi connectivity index (χ2n) is 6.48. The summed E-state index contributed by atoms with van der Waals surface area (Å²) in [7, 11) is 4.05. The van der Waals surface area contributed by atoms with Crippen molar-refractivity contribution in [3.63, 3.8) is 0 Å². The normalized spacial score (nSPS) is 11.7. The zero-order valence-corrected chi connectivity index (χ0v) is 17.3. The third kappa shape index (κ3) is 6.05. The van der Waals surface area contributed by atoms with E-state index in [1.165, 1.54) is 11.1 Å². The molecule has 0 atom stereocenters. The molecular weight excluding hydrogens is 344 g/mol. The molecular formula is C19H30N6S. The van der Waals surface area contributed by atoms with E-state index in [4.69, 9.17) is 4.99 Å². The predicted octanol–water partition coefficient (Wildman–Crippen LogP) is 2.76. The number of benzene rings is 1. The number of nitrogens with one attached hydrogen (secondary N) is 1. The van der Waals surface area contributed by atoms with Crippen molar-refractivity contribution in [1.29, 1.82) is 0 Å². The van der Waals surface area contributed by atoms with Gasteiger partial charge in [-0.15, -0.1) is 10.2 Å². The monoisotopic (exact) mass is 374 g/mol. The molecule has 0 aliphatic heterocycles. The molecule has 0 radical (unpaired) electrons. The largest absolute Gasteiger partial charge is 0.356 e. The molecule has 1 aromatic carbocycles. The quantitative estimate of drug-likeness (QED) is 0.437. The zero-order chi connectivity index (χ0) is 18.9. The van der Waals surface area contributed by atoms with Crippen LogP contribution in [0.5, 0.6) is 0 Å². The molecule has 0 aliphatic carbocycles. The van der Waals surface area contributed by atoms with Crippen LogP contribution < -0.4 is 5.32 Å². The van der Waals surface area contributed by atoms with E-state index in [1.807, 2.05) is 30.3 Å². The van der Waals surface area contributed by atoms with Gasteiger partial charge in [0.05, 0.1) is 0 Å². The summed E-state index contributed by atoms with van der Waals surface area (Å²) in [5.74, 6) is 3.81. The first-order chi connectivity index (χ1) is 12.5. The first kappa shape index (κ1) is 20.3. The van der Waals surface area contributed by atoms with E-state index in [-0.39, 0.29) is 0 Å². The Morgan fingerprint density at radius 2 is 1.96 bits per heavy atom. The molecule has 0 fully saturated rings. The first-order valence-corrected chi connectivity index (χ1v) is 10.3. The van der Waals surface area contributed by atoms with Gasteiger partial charge in [-0.25, -0.2) is 4.99 Å². The first-order valence-electron chi connectivity index (χ1n) is 8.90. The maximum atomic E-state index is 4.78. The molecule has 26 heavy (non-hydrogen) atoms. The fraction of sp³-hybridized carbons (Fsp3) is 0.526. The van der Waals surface area contributed by atoms with Crippen LogP contribution in [0.2, 0.25) is 0 Å². The van der Waals surface area contributed by atoms with Crippen molar-refractivity contribution in [3.8, 4) is 0 Å². The summed E-state index contributed by atoms with van der Waals surface area (Å²) in [6.45, 7) is 6.30. The van der Waals surface area contributed by atoms with Crippen LogP contribution in [0.1, 0.15) is 29.2 Å². The lowest BCUT2D eigenvalue weighted by Crippen LogP contribution is -2.39. The van der Waals surface area contributed by atoms with Gasteiger partial charge in [-0.2, -0.15) is 11.8 Å². The highest BCUT2D eigenvalue weighted by molar-refractivity contribution is 7.98. The summed E-state index contributed by atoms with van der Waals surface area (Å²) < 4.78 is 1.98. The van der Waals surface area contributed by atoms with Gasteiger partial charge in [0.2, 0.25) is 0 Å². The van der Waals surface area contributed by atoms with Gasteiger partial charge in [0.25, 0.3) is 0 Å². The van der Waals surface area contributed by atoms with Crippen LogP contribution in [0.4, 0.5) is 0 Å². The summed E-state index contributed by atoms with van der Waals surface area (Å²) in [6.07, 6.45) is 3.25. The van der Waals surface area contributed by atoms with Crippen LogP contribution in [0.3, 0.4) is 0 Å². The van der Waals surface area contributed by atoms with E-state index in [2.05, 4.69) is 64.9 Å². The fourth-order valence-electron chi connectivity index (χ4n) is 2.50. The van der Waals surface area contributed by atoms with Crippen molar-refractivity contribution in [2.45, 2.75) is 33.4 Å². The lowest BCUT2D eigenvalue weighted by Gasteiger charge is -2.22. The minimum Gasteiger partial charge on any atom is -0.356 e. The molecule has 142 valence electrons. The number of hydrogen-bond donors (Lipinski definition) is 1. The summed E-state index contributed by atoms with van der Waals surface area (Å²) >= 11 is 1.87. The lowest BCUT2D eigenvalue weighted by atomic mass is 10.1. The summed E-state index contributed by atoms with van der Waals surface area (Å²) in [4.78, 5) is 6.94. The van der Waals surface area contributed by atoms with E-state index in [1.54, 1.807) is 0 Å². The average Bonchev–Trinajstić information content (AvgIpc) is 2.95. The number of thioether (sulfide) groups is 1. The van der Waals surface area contributed by atoms with Crippen LogP contribution >= 0.6 is 11.8 Å². The Morgan fingerprint density at radius 1 is 1.23 bits per heavy atom. The Hall–Kier alpha value is -2.02. The van der Waals surface area contributed by atoms with Crippen LogP contribution in [0.25, 0.3) is 0 Å². The van der Waals surface area contributed by atoms with Gasteiger partial charge in [-0.3, -0.25) is 0 Å². The molecule has 6 nitrogen and oxygen atoms in total. The molecule has 1 N–H and O–H groups in total. The van der Waals surface area contributed by atoms with E-state index in [0.29, 0.717) is 6.54 Å². The Morgan fingerprint density at radius 3 is 2.58 bits per heavy atom. The Kier molecular flexibility index (Phi) is 7.97. The summed E-state index contributed by atoms with van der Waals surface area (Å²) in [6, 6.07) is 8.63. The Balaban J connectivity index is 2.06. The van der Waals surface area contributed by atoms with Gasteiger partial charge >= 0.3 is 0 Å². The van der Waals surface area contributed by atoms with Gasteiger partial charge < -0.3 is 14.8 Å². The van der Waals surface area contributed by atoms with Gasteiger partial charge in [0.15, 0.2) is 11.8 Å². The molecule has 0 saturated heterocycles. The average molecular weight is 375 g/mol. The third-order valence-corrected chi connectivity index (χ3v) is 4.96. The lowest BCUT2D eigenvalue weighted by molar-refractivity contribution is 0.474. The molecule has 0 unspecified atom stereocenters. The number of aryl methyl sites for hydroxylation is 2. The van der Waals surface area contributed by atoms with Crippen LogP contribution in [-0.4, -0.2) is 51.2 Å². The second kappa shape index (κ2) is 10.2. The van der Waals surface area contributed by atoms with Crippen molar-refractivity contribution in [2.75, 3.05) is 25.6 Å². The highest BCUT2D eigenvalue weighted by Crippen LogP contribution is 2.07. The number of hydrogen-bond acceptors (Lipinski definition) is 4. The van der Waals surface area contributed by atoms with Crippen molar-refractivity contribution in [2.24, 2.45) is 12.0 Å². The smallest absolute Gasteiger partial charge is 0.194 e. The van der Waals surface area contributed by atoms with Gasteiger partial charge in [-0.05, 0) is 37.8 Å². The topological polar surface area (TPSA) is 58.3 Å². The predicted molar refractivity (Wildman–Crippen MR) is 111 cm³/mol. The molecule has 0 spiro atoms. The Bertz CT molecular complexity index is 707. The second-order valence-corrected chi connectivity index (χ2v) is 7.46.